The summed E-state index contributed by atoms with van der Waals surface area (Å²) in [6.45, 7) is 0. The highest BCUT2D eigenvalue weighted by Gasteiger charge is 2.35. The van der Waals surface area contributed by atoms with Gasteiger partial charge in [-0.05, 0) is 83.4 Å². The summed E-state index contributed by atoms with van der Waals surface area (Å²) in [5, 5.41) is 14.8. The molecule has 0 saturated heterocycles. The Hall–Kier alpha value is -9.06. The van der Waals surface area contributed by atoms with E-state index in [2.05, 4.69) is 30.3 Å². The third-order valence-electron chi connectivity index (χ3n) is 12.9. The number of hydrogen-bond acceptors (Lipinski definition) is 3. The van der Waals surface area contributed by atoms with Gasteiger partial charge in [-0.1, -0.05) is 140 Å². The van der Waals surface area contributed by atoms with Gasteiger partial charge in [0.1, 0.15) is 6.07 Å². The average Bonchev–Trinajstić information content (AvgIpc) is 3.90. The van der Waals surface area contributed by atoms with E-state index in [0.717, 1.165) is 94.4 Å². The van der Waals surface area contributed by atoms with Crippen LogP contribution in [-0.4, -0.2) is 19.1 Å². The van der Waals surface area contributed by atoms with Crippen LogP contribution in [0.15, 0.2) is 219 Å². The maximum absolute atomic E-state index is 15.2. The summed E-state index contributed by atoms with van der Waals surface area (Å²) in [7, 11) is 0. The van der Waals surface area contributed by atoms with Crippen LogP contribution in [0.3, 0.4) is 0 Å². The molecule has 0 aliphatic rings. The summed E-state index contributed by atoms with van der Waals surface area (Å²) in [6.07, 6.45) is -0.933. The Kier molecular flexibility index (Phi) is 9.59. The third-order valence-corrected chi connectivity index (χ3v) is 12.9. The van der Waals surface area contributed by atoms with Crippen LogP contribution in [0.25, 0.3) is 111 Å². The fraction of sp³-hybridized carbons (Fsp3) is 0.0167. The van der Waals surface area contributed by atoms with Crippen molar-refractivity contribution in [1.82, 2.24) is 19.1 Å². The standard InChI is InChI=1S/C60H36F3N5/c61-60(62,63)51-20-10-7-17-45(51)50-34-58(67-54-21-11-8-18-46(54)48-31-40(25-29-56(48)67)42-23-27-52(65-36-42)38-13-3-1-4-14-38)44(35-64)33-59(50)68-55-22-12-9-19-47(55)49-32-41(26-30-57(49)68)43-24-28-53(66-37-43)39-15-5-2-6-16-39/h1-34,36-37H. The minimum Gasteiger partial charge on any atom is -0.309 e. The molecule has 322 valence electrons. The summed E-state index contributed by atoms with van der Waals surface area (Å²) in [5.41, 5.74) is 11.5. The maximum atomic E-state index is 15.2. The smallest absolute Gasteiger partial charge is 0.309 e. The summed E-state index contributed by atoms with van der Waals surface area (Å²) in [5.74, 6) is 0. The molecule has 12 rings (SSSR count). The highest BCUT2D eigenvalue weighted by Crippen LogP contribution is 2.45. The van der Waals surface area contributed by atoms with Crippen molar-refractivity contribution < 1.29 is 13.2 Å². The number of para-hydroxylation sites is 2. The monoisotopic (exact) mass is 883 g/mol. The molecule has 4 aromatic heterocycles. The zero-order chi connectivity index (χ0) is 45.9. The normalized spacial score (nSPS) is 11.7. The number of nitrogens with zero attached hydrogens (tertiary/aromatic N) is 5. The summed E-state index contributed by atoms with van der Waals surface area (Å²) < 4.78 is 49.6. The summed E-state index contributed by atoms with van der Waals surface area (Å²) in [6, 6.07) is 67.9. The molecular formula is C60H36F3N5. The Labute approximate surface area is 388 Å². The number of aromatic nitrogens is 4. The lowest BCUT2D eigenvalue weighted by Crippen LogP contribution is -2.09. The maximum Gasteiger partial charge on any atom is 0.417 e. The average molecular weight is 884 g/mol. The molecule has 0 aliphatic heterocycles. The van der Waals surface area contributed by atoms with Crippen LogP contribution >= 0.6 is 0 Å². The van der Waals surface area contributed by atoms with Crippen LogP contribution in [0.5, 0.6) is 0 Å². The van der Waals surface area contributed by atoms with Gasteiger partial charge < -0.3 is 9.13 Å². The van der Waals surface area contributed by atoms with Crippen molar-refractivity contribution in [2.75, 3.05) is 0 Å². The number of halogens is 3. The van der Waals surface area contributed by atoms with Gasteiger partial charge in [-0.2, -0.15) is 18.4 Å². The van der Waals surface area contributed by atoms with Gasteiger partial charge in [-0.15, -0.1) is 0 Å². The minimum absolute atomic E-state index is 0.00220. The van der Waals surface area contributed by atoms with Gasteiger partial charge in [0.15, 0.2) is 0 Å². The lowest BCUT2D eigenvalue weighted by molar-refractivity contribution is -0.137. The number of benzene rings is 8. The van der Waals surface area contributed by atoms with Crippen molar-refractivity contribution in [1.29, 1.82) is 5.26 Å². The zero-order valence-corrected chi connectivity index (χ0v) is 36.2. The van der Waals surface area contributed by atoms with Crippen molar-refractivity contribution in [2.24, 2.45) is 0 Å². The molecule has 0 radical (unpaired) electrons. The van der Waals surface area contributed by atoms with Crippen molar-refractivity contribution in [3.63, 3.8) is 0 Å². The Balaban J connectivity index is 1.06. The van der Waals surface area contributed by atoms with Gasteiger partial charge in [-0.3, -0.25) is 9.97 Å². The fourth-order valence-corrected chi connectivity index (χ4v) is 9.73. The van der Waals surface area contributed by atoms with Crippen LogP contribution in [0, 0.1) is 11.3 Å². The molecule has 0 saturated carbocycles. The molecule has 0 atom stereocenters. The van der Waals surface area contributed by atoms with Gasteiger partial charge >= 0.3 is 6.18 Å². The molecule has 0 N–H and O–H groups in total. The first-order chi connectivity index (χ1) is 33.3. The van der Waals surface area contributed by atoms with Crippen molar-refractivity contribution in [3.05, 3.63) is 230 Å². The molecule has 0 amide bonds. The van der Waals surface area contributed by atoms with E-state index < -0.39 is 11.7 Å². The largest absolute Gasteiger partial charge is 0.417 e. The van der Waals surface area contributed by atoms with Gasteiger partial charge in [0.25, 0.3) is 0 Å². The molecule has 8 heteroatoms. The molecule has 0 spiro atoms. The second-order valence-electron chi connectivity index (χ2n) is 16.8. The van der Waals surface area contributed by atoms with Crippen LogP contribution < -0.4 is 0 Å². The Morgan fingerprint density at radius 1 is 0.382 bits per heavy atom. The summed E-state index contributed by atoms with van der Waals surface area (Å²) in [4.78, 5) is 9.56. The third kappa shape index (κ3) is 6.79. The Bertz CT molecular complexity index is 3940. The lowest BCUT2D eigenvalue weighted by atomic mass is 9.95. The number of nitriles is 1. The van der Waals surface area contributed by atoms with E-state index in [1.54, 1.807) is 18.2 Å². The zero-order valence-electron chi connectivity index (χ0n) is 36.2. The van der Waals surface area contributed by atoms with E-state index in [1.165, 1.54) is 12.1 Å². The van der Waals surface area contributed by atoms with Gasteiger partial charge in [0.05, 0.1) is 56.0 Å². The molecular weight excluding hydrogens is 848 g/mol. The van der Waals surface area contributed by atoms with Gasteiger partial charge in [-0.25, -0.2) is 0 Å². The van der Waals surface area contributed by atoms with E-state index in [9.17, 15) is 5.26 Å². The van der Waals surface area contributed by atoms with Gasteiger partial charge in [0, 0.05) is 61.8 Å². The van der Waals surface area contributed by atoms with Crippen LogP contribution in [0.1, 0.15) is 11.1 Å². The minimum atomic E-state index is -4.67. The van der Waals surface area contributed by atoms with E-state index in [-0.39, 0.29) is 5.56 Å². The van der Waals surface area contributed by atoms with Crippen molar-refractivity contribution in [2.45, 2.75) is 6.18 Å². The van der Waals surface area contributed by atoms with Crippen molar-refractivity contribution >= 4 is 43.6 Å². The van der Waals surface area contributed by atoms with E-state index in [0.29, 0.717) is 22.5 Å². The highest BCUT2D eigenvalue weighted by atomic mass is 19.4. The second kappa shape index (κ2) is 16.1. The molecule has 4 heterocycles. The predicted molar refractivity (Wildman–Crippen MR) is 268 cm³/mol. The lowest BCUT2D eigenvalue weighted by Gasteiger charge is -2.21. The number of rotatable bonds is 7. The topological polar surface area (TPSA) is 59.4 Å². The molecule has 8 aromatic carbocycles. The van der Waals surface area contributed by atoms with E-state index in [4.69, 9.17) is 9.97 Å². The molecule has 12 aromatic rings. The molecule has 68 heavy (non-hydrogen) atoms. The van der Waals surface area contributed by atoms with E-state index in [1.807, 2.05) is 167 Å². The SMILES string of the molecule is N#Cc1cc(-n2c3ccccc3c3cc(-c4ccc(-c5ccccc5)nc4)ccc32)c(-c2ccccc2C(F)(F)F)cc1-n1c2ccccc2c2cc(-c3ccc(-c4ccccc4)nc3)ccc21. The molecule has 5 nitrogen and oxygen atoms in total. The first kappa shape index (κ1) is 40.4. The van der Waals surface area contributed by atoms with Gasteiger partial charge in [0.2, 0.25) is 0 Å². The first-order valence-electron chi connectivity index (χ1n) is 22.2. The highest BCUT2D eigenvalue weighted by molar-refractivity contribution is 6.12. The second-order valence-corrected chi connectivity index (χ2v) is 16.8. The molecule has 0 bridgehead atoms. The number of pyridine rings is 2. The quantitative estimate of drug-likeness (QED) is 0.160. The number of hydrogen-bond donors (Lipinski definition) is 0. The fourth-order valence-electron chi connectivity index (χ4n) is 9.73. The van der Waals surface area contributed by atoms with Crippen molar-refractivity contribution in [3.8, 4) is 73.3 Å². The number of fused-ring (bicyclic) bond motifs is 6. The summed E-state index contributed by atoms with van der Waals surface area (Å²) >= 11 is 0. The molecule has 0 fully saturated rings. The van der Waals surface area contributed by atoms with Crippen LogP contribution in [0.4, 0.5) is 13.2 Å². The van der Waals surface area contributed by atoms with Crippen LogP contribution in [-0.2, 0) is 6.18 Å². The van der Waals surface area contributed by atoms with E-state index >= 15 is 13.2 Å². The van der Waals surface area contributed by atoms with Crippen LogP contribution in [0.2, 0.25) is 0 Å². The number of alkyl halides is 3. The Morgan fingerprint density at radius 2 is 0.838 bits per heavy atom. The predicted octanol–water partition coefficient (Wildman–Crippen LogP) is 15.9. The first-order valence-corrected chi connectivity index (χ1v) is 22.2. The molecule has 0 unspecified atom stereocenters. The Morgan fingerprint density at radius 3 is 1.34 bits per heavy atom. The molecule has 0 aliphatic carbocycles.